The summed E-state index contributed by atoms with van der Waals surface area (Å²) < 4.78 is 0. The van der Waals surface area contributed by atoms with Gasteiger partial charge in [-0.2, -0.15) is 0 Å². The highest BCUT2D eigenvalue weighted by Gasteiger charge is 2.10. The van der Waals surface area contributed by atoms with Gasteiger partial charge in [0.25, 0.3) is 0 Å². The van der Waals surface area contributed by atoms with Crippen LogP contribution in [-0.2, 0) is 13.1 Å². The Morgan fingerprint density at radius 1 is 1.40 bits per heavy atom. The van der Waals surface area contributed by atoms with Crippen LogP contribution in [-0.4, -0.2) is 23.6 Å². The molecule has 0 bridgehead atoms. The fraction of sp³-hybridized carbons (Fsp3) is 0.467. The van der Waals surface area contributed by atoms with Crippen LogP contribution in [0.3, 0.4) is 0 Å². The van der Waals surface area contributed by atoms with E-state index in [1.807, 2.05) is 17.9 Å². The minimum absolute atomic E-state index is 0.878. The van der Waals surface area contributed by atoms with Gasteiger partial charge in [0.1, 0.15) is 0 Å². The van der Waals surface area contributed by atoms with E-state index in [0.29, 0.717) is 0 Å². The molecule has 0 atom stereocenters. The summed E-state index contributed by atoms with van der Waals surface area (Å²) in [7, 11) is 2.11. The molecule has 4 nitrogen and oxygen atoms in total. The number of hydrogen-bond acceptors (Lipinski definition) is 5. The fourth-order valence-electron chi connectivity index (χ4n) is 2.09. The molecule has 108 valence electrons. The van der Waals surface area contributed by atoms with Crippen molar-refractivity contribution in [3.05, 3.63) is 40.1 Å². The SMILES string of the molecule is CCCNCc1ccncc1N(C)Cc1scnc1C. The molecule has 2 rings (SSSR count). The Morgan fingerprint density at radius 3 is 2.95 bits per heavy atom. The summed E-state index contributed by atoms with van der Waals surface area (Å²) in [5, 5.41) is 3.45. The van der Waals surface area contributed by atoms with E-state index in [0.717, 1.165) is 31.7 Å². The van der Waals surface area contributed by atoms with E-state index >= 15 is 0 Å². The van der Waals surface area contributed by atoms with Crippen LogP contribution in [0.4, 0.5) is 5.69 Å². The van der Waals surface area contributed by atoms with Crippen LogP contribution in [0.25, 0.3) is 0 Å². The van der Waals surface area contributed by atoms with E-state index in [2.05, 4.69) is 47.1 Å². The van der Waals surface area contributed by atoms with Crippen LogP contribution in [0.15, 0.2) is 24.0 Å². The summed E-state index contributed by atoms with van der Waals surface area (Å²) in [6.07, 6.45) is 4.95. The van der Waals surface area contributed by atoms with Crippen molar-refractivity contribution >= 4 is 17.0 Å². The molecule has 0 aliphatic rings. The molecule has 0 unspecified atom stereocenters. The number of rotatable bonds is 7. The van der Waals surface area contributed by atoms with Gasteiger partial charge in [0.15, 0.2) is 0 Å². The number of aromatic nitrogens is 2. The van der Waals surface area contributed by atoms with Gasteiger partial charge < -0.3 is 10.2 Å². The second kappa shape index (κ2) is 7.36. The van der Waals surface area contributed by atoms with E-state index in [9.17, 15) is 0 Å². The maximum absolute atomic E-state index is 4.31. The molecule has 0 fully saturated rings. The van der Waals surface area contributed by atoms with Crippen LogP contribution in [0.5, 0.6) is 0 Å². The normalized spacial score (nSPS) is 10.8. The Hall–Kier alpha value is -1.46. The van der Waals surface area contributed by atoms with E-state index in [1.54, 1.807) is 11.3 Å². The van der Waals surface area contributed by atoms with Gasteiger partial charge >= 0.3 is 0 Å². The Balaban J connectivity index is 2.08. The van der Waals surface area contributed by atoms with E-state index in [-0.39, 0.29) is 0 Å². The van der Waals surface area contributed by atoms with Gasteiger partial charge in [-0.1, -0.05) is 6.92 Å². The monoisotopic (exact) mass is 290 g/mol. The molecule has 0 radical (unpaired) electrons. The quantitative estimate of drug-likeness (QED) is 0.796. The second-order valence-corrected chi connectivity index (χ2v) is 5.84. The van der Waals surface area contributed by atoms with Gasteiger partial charge in [-0.05, 0) is 31.5 Å². The lowest BCUT2D eigenvalue weighted by Gasteiger charge is -2.21. The Kier molecular flexibility index (Phi) is 5.49. The molecule has 0 spiro atoms. The van der Waals surface area contributed by atoms with Gasteiger partial charge in [-0.3, -0.25) is 4.98 Å². The van der Waals surface area contributed by atoms with Crippen molar-refractivity contribution in [1.82, 2.24) is 15.3 Å². The molecule has 0 saturated carbocycles. The number of pyridine rings is 1. The standard InChI is InChI=1S/C15H22N4S/c1-4-6-16-8-13-5-7-17-9-14(13)19(3)10-15-12(2)18-11-20-15/h5,7,9,11,16H,4,6,8,10H2,1-3H3. The molecular weight excluding hydrogens is 268 g/mol. The first kappa shape index (κ1) is 14.9. The van der Waals surface area contributed by atoms with Crippen LogP contribution < -0.4 is 10.2 Å². The summed E-state index contributed by atoms with van der Waals surface area (Å²) in [4.78, 5) is 12.1. The smallest absolute Gasteiger partial charge is 0.0798 e. The second-order valence-electron chi connectivity index (χ2n) is 4.90. The van der Waals surface area contributed by atoms with Crippen LogP contribution in [0.1, 0.15) is 29.5 Å². The first-order chi connectivity index (χ1) is 9.72. The van der Waals surface area contributed by atoms with Crippen molar-refractivity contribution in [2.24, 2.45) is 0 Å². The lowest BCUT2D eigenvalue weighted by Crippen LogP contribution is -2.21. The van der Waals surface area contributed by atoms with Crippen LogP contribution in [0.2, 0.25) is 0 Å². The van der Waals surface area contributed by atoms with Crippen LogP contribution in [0, 0.1) is 6.92 Å². The highest BCUT2D eigenvalue weighted by Crippen LogP contribution is 2.22. The van der Waals surface area contributed by atoms with Gasteiger partial charge in [0.05, 0.1) is 29.6 Å². The highest BCUT2D eigenvalue weighted by molar-refractivity contribution is 7.09. The Bertz CT molecular complexity index is 538. The van der Waals surface area contributed by atoms with Crippen molar-refractivity contribution in [3.8, 4) is 0 Å². The third kappa shape index (κ3) is 3.77. The van der Waals surface area contributed by atoms with Crippen molar-refractivity contribution in [2.45, 2.75) is 33.4 Å². The molecule has 2 heterocycles. The lowest BCUT2D eigenvalue weighted by atomic mass is 10.2. The van der Waals surface area contributed by atoms with Crippen molar-refractivity contribution in [2.75, 3.05) is 18.5 Å². The summed E-state index contributed by atoms with van der Waals surface area (Å²) in [6.45, 7) is 7.05. The molecular formula is C15H22N4S. The molecule has 0 saturated heterocycles. The molecule has 0 amide bonds. The molecule has 2 aromatic rings. The van der Waals surface area contributed by atoms with E-state index < -0.39 is 0 Å². The maximum atomic E-state index is 4.31. The zero-order valence-corrected chi connectivity index (χ0v) is 13.2. The minimum Gasteiger partial charge on any atom is -0.368 e. The highest BCUT2D eigenvalue weighted by atomic mass is 32.1. The molecule has 5 heteroatoms. The van der Waals surface area contributed by atoms with E-state index in [4.69, 9.17) is 0 Å². The number of hydrogen-bond donors (Lipinski definition) is 1. The van der Waals surface area contributed by atoms with Gasteiger partial charge in [0, 0.05) is 24.7 Å². The third-order valence-electron chi connectivity index (χ3n) is 3.27. The number of nitrogens with one attached hydrogen (secondary N) is 1. The zero-order chi connectivity index (χ0) is 14.4. The largest absolute Gasteiger partial charge is 0.368 e. The molecule has 1 N–H and O–H groups in total. The fourth-order valence-corrected chi connectivity index (χ4v) is 2.92. The van der Waals surface area contributed by atoms with Crippen molar-refractivity contribution in [1.29, 1.82) is 0 Å². The predicted molar refractivity (Wildman–Crippen MR) is 85.2 cm³/mol. The molecule has 0 aliphatic carbocycles. The average molecular weight is 290 g/mol. The Morgan fingerprint density at radius 2 is 2.25 bits per heavy atom. The Labute approximate surface area is 124 Å². The third-order valence-corrected chi connectivity index (χ3v) is 4.19. The minimum atomic E-state index is 0.878. The number of nitrogens with zero attached hydrogens (tertiary/aromatic N) is 3. The molecule has 2 aromatic heterocycles. The summed E-state index contributed by atoms with van der Waals surface area (Å²) >= 11 is 1.71. The molecule has 0 aliphatic heterocycles. The van der Waals surface area contributed by atoms with Gasteiger partial charge in [-0.15, -0.1) is 11.3 Å². The van der Waals surface area contributed by atoms with Crippen molar-refractivity contribution < 1.29 is 0 Å². The summed E-state index contributed by atoms with van der Waals surface area (Å²) in [6, 6.07) is 2.09. The average Bonchev–Trinajstić information content (AvgIpc) is 2.85. The summed E-state index contributed by atoms with van der Waals surface area (Å²) in [5.74, 6) is 0. The van der Waals surface area contributed by atoms with Gasteiger partial charge in [-0.25, -0.2) is 4.98 Å². The first-order valence-electron chi connectivity index (χ1n) is 6.96. The first-order valence-corrected chi connectivity index (χ1v) is 7.84. The maximum Gasteiger partial charge on any atom is 0.0798 e. The predicted octanol–water partition coefficient (Wildman–Crippen LogP) is 2.98. The zero-order valence-electron chi connectivity index (χ0n) is 12.4. The topological polar surface area (TPSA) is 41.1 Å². The van der Waals surface area contributed by atoms with E-state index in [1.165, 1.54) is 16.1 Å². The van der Waals surface area contributed by atoms with Gasteiger partial charge in [0.2, 0.25) is 0 Å². The lowest BCUT2D eigenvalue weighted by molar-refractivity contribution is 0.673. The number of anilines is 1. The molecule has 0 aromatic carbocycles. The molecule has 20 heavy (non-hydrogen) atoms. The summed E-state index contributed by atoms with van der Waals surface area (Å²) in [5.41, 5.74) is 5.50. The number of thiazole rings is 1. The number of aryl methyl sites for hydroxylation is 1. The van der Waals surface area contributed by atoms with Crippen molar-refractivity contribution in [3.63, 3.8) is 0 Å². The van der Waals surface area contributed by atoms with Crippen LogP contribution >= 0.6 is 11.3 Å².